The first-order valence-corrected chi connectivity index (χ1v) is 26.4. The van der Waals surface area contributed by atoms with Crippen molar-refractivity contribution < 1.29 is 103 Å². The van der Waals surface area contributed by atoms with Gasteiger partial charge in [-0.25, -0.2) is 4.79 Å². The van der Waals surface area contributed by atoms with Crippen LogP contribution in [0.1, 0.15) is 106 Å². The molecule has 0 aromatic rings. The number of allylic oxidation sites excluding steroid dienone is 2. The Morgan fingerprint density at radius 1 is 0.767 bits per heavy atom. The van der Waals surface area contributed by atoms with Gasteiger partial charge in [-0.2, -0.15) is 0 Å². The number of fused-ring (bicyclic) bond motifs is 5. The van der Waals surface area contributed by atoms with Crippen LogP contribution in [0.5, 0.6) is 0 Å². The van der Waals surface area contributed by atoms with E-state index in [9.17, 15) is 50.8 Å². The maximum Gasteiger partial charge on any atom is 0.333 e. The summed E-state index contributed by atoms with van der Waals surface area (Å²) in [5.41, 5.74) is 0.0385. The second-order valence-electron chi connectivity index (χ2n) is 22.6. The van der Waals surface area contributed by atoms with Gasteiger partial charge >= 0.3 is 5.97 Å². The number of rotatable bonds is 15. The van der Waals surface area contributed by atoms with E-state index in [2.05, 4.69) is 19.9 Å². The van der Waals surface area contributed by atoms with Gasteiger partial charge in [-0.3, -0.25) is 0 Å². The van der Waals surface area contributed by atoms with E-state index < -0.39 is 153 Å². The normalized spacial score (nSPS) is 50.8. The van der Waals surface area contributed by atoms with Gasteiger partial charge in [-0.15, -0.1) is 0 Å². The number of ether oxygens (including phenoxy) is 11. The summed E-state index contributed by atoms with van der Waals surface area (Å²) in [7, 11) is 3.04. The summed E-state index contributed by atoms with van der Waals surface area (Å²) in [5, 5.41) is 97.5. The van der Waals surface area contributed by atoms with Gasteiger partial charge in [0.15, 0.2) is 31.3 Å². The van der Waals surface area contributed by atoms with Crippen molar-refractivity contribution >= 4 is 5.97 Å². The van der Waals surface area contributed by atoms with Crippen LogP contribution in [0.15, 0.2) is 23.3 Å². The van der Waals surface area contributed by atoms with Crippen LogP contribution in [0.4, 0.5) is 0 Å². The minimum atomic E-state index is -1.69. The Bertz CT molecular complexity index is 1940. The third kappa shape index (κ3) is 10.6. The molecule has 8 aliphatic rings. The molecule has 0 bridgehead atoms. The average Bonchev–Trinajstić information content (AvgIpc) is 3.65. The lowest BCUT2D eigenvalue weighted by molar-refractivity contribution is -0.343. The Labute approximate surface area is 427 Å². The summed E-state index contributed by atoms with van der Waals surface area (Å²) in [4.78, 5) is 12.6. The molecule has 27 unspecified atom stereocenters. The van der Waals surface area contributed by atoms with Crippen molar-refractivity contribution in [3.63, 3.8) is 0 Å². The van der Waals surface area contributed by atoms with Crippen LogP contribution >= 0.6 is 0 Å². The molecule has 4 aliphatic carbocycles. The Morgan fingerprint density at radius 3 is 2.11 bits per heavy atom. The molecule has 418 valence electrons. The van der Waals surface area contributed by atoms with E-state index in [1.807, 2.05) is 13.8 Å². The molecule has 73 heavy (non-hydrogen) atoms. The first-order valence-electron chi connectivity index (χ1n) is 26.4. The minimum Gasteiger partial charge on any atom is -0.453 e. The van der Waals surface area contributed by atoms with Crippen LogP contribution in [0, 0.1) is 28.6 Å². The van der Waals surface area contributed by atoms with E-state index in [0.29, 0.717) is 31.3 Å². The summed E-state index contributed by atoms with van der Waals surface area (Å²) in [5.74, 6) is -0.453. The smallest absolute Gasteiger partial charge is 0.333 e. The first kappa shape index (κ1) is 57.4. The van der Waals surface area contributed by atoms with Gasteiger partial charge in [0.1, 0.15) is 67.1 Å². The van der Waals surface area contributed by atoms with Crippen molar-refractivity contribution in [2.75, 3.05) is 27.4 Å². The number of methoxy groups -OCH3 is 2. The number of carbonyl (C=O) groups excluding carboxylic acids is 1. The summed E-state index contributed by atoms with van der Waals surface area (Å²) in [6.07, 6.45) is -12.6. The molecule has 21 nitrogen and oxygen atoms in total. The van der Waals surface area contributed by atoms with Crippen LogP contribution in [-0.4, -0.2) is 214 Å². The van der Waals surface area contributed by atoms with Gasteiger partial charge in [-0.05, 0) is 109 Å². The molecule has 21 heteroatoms. The second kappa shape index (κ2) is 22.9. The molecule has 27 atom stereocenters. The maximum atomic E-state index is 13.0. The predicted octanol–water partition coefficient (Wildman–Crippen LogP) is 0.629. The number of carbonyl (C=O) groups is 1. The van der Waals surface area contributed by atoms with Crippen molar-refractivity contribution in [3.05, 3.63) is 23.3 Å². The van der Waals surface area contributed by atoms with Crippen LogP contribution < -0.4 is 0 Å². The Kier molecular flexibility index (Phi) is 18.0. The quantitative estimate of drug-likeness (QED) is 0.0617. The van der Waals surface area contributed by atoms with Crippen molar-refractivity contribution in [2.24, 2.45) is 28.6 Å². The van der Waals surface area contributed by atoms with Crippen LogP contribution in [0.25, 0.3) is 0 Å². The largest absolute Gasteiger partial charge is 0.453 e. The van der Waals surface area contributed by atoms with E-state index in [1.165, 1.54) is 12.7 Å². The van der Waals surface area contributed by atoms with Crippen LogP contribution in [0.2, 0.25) is 0 Å². The number of aliphatic hydroxyl groups excluding tert-OH is 8. The highest BCUT2D eigenvalue weighted by Gasteiger charge is 2.67. The fourth-order valence-electron chi connectivity index (χ4n) is 14.1. The molecule has 4 aliphatic heterocycles. The zero-order valence-electron chi connectivity index (χ0n) is 43.7. The first-order chi connectivity index (χ1) is 34.5. The Hall–Kier alpha value is -1.81. The molecule has 4 heterocycles. The minimum absolute atomic E-state index is 0.00819. The summed E-state index contributed by atoms with van der Waals surface area (Å²) in [6, 6.07) is 0. The lowest BCUT2D eigenvalue weighted by atomic mass is 9.45. The van der Waals surface area contributed by atoms with Gasteiger partial charge in [0.25, 0.3) is 0 Å². The lowest BCUT2D eigenvalue weighted by Crippen LogP contribution is -2.63. The third-order valence-corrected chi connectivity index (χ3v) is 18.8. The summed E-state index contributed by atoms with van der Waals surface area (Å²) in [6.45, 7) is 12.2. The molecule has 0 amide bonds. The third-order valence-electron chi connectivity index (χ3n) is 18.8. The predicted molar refractivity (Wildman–Crippen MR) is 254 cm³/mol. The Balaban J connectivity index is 0.860. The van der Waals surface area contributed by atoms with Crippen molar-refractivity contribution in [1.82, 2.24) is 0 Å². The van der Waals surface area contributed by atoms with Crippen molar-refractivity contribution in [2.45, 2.75) is 241 Å². The topological polar surface area (TPSA) is 301 Å². The fourth-order valence-corrected chi connectivity index (χ4v) is 14.1. The standard InChI is InChI=1S/C52H84O21/c1-10-23(2)46(61)72-44-26(5)68-49(42(60)45(44)64-9)73-43-25(4)66-35(20-32(43)63-8)69-28-13-16-50(6)27(19-28)11-12-31-30(50)14-17-51(7)29(15-18-52(31,51)62)24(3)67-48-41(59)39(57)37(55)34(71-48)22-65-47-40(58)38(56)36(54)33(21-53)70-47/h10-11,24-26,28-45,47-49,53-60,62H,12-22H2,1-9H3. The summed E-state index contributed by atoms with van der Waals surface area (Å²) < 4.78 is 66.4. The average molecular weight is 1050 g/mol. The number of hydrogen-bond donors (Lipinski definition) is 9. The molecule has 3 saturated carbocycles. The number of aliphatic hydroxyl groups is 9. The molecule has 0 aromatic carbocycles. The van der Waals surface area contributed by atoms with E-state index in [-0.39, 0.29) is 29.3 Å². The van der Waals surface area contributed by atoms with Crippen LogP contribution in [0.3, 0.4) is 0 Å². The van der Waals surface area contributed by atoms with E-state index in [1.54, 1.807) is 34.0 Å². The second-order valence-corrected chi connectivity index (χ2v) is 22.6. The molecule has 0 radical (unpaired) electrons. The zero-order valence-corrected chi connectivity index (χ0v) is 43.7. The molecular formula is C52H84O21. The highest BCUT2D eigenvalue weighted by molar-refractivity contribution is 5.87. The summed E-state index contributed by atoms with van der Waals surface area (Å²) >= 11 is 0. The highest BCUT2D eigenvalue weighted by atomic mass is 16.8. The van der Waals surface area contributed by atoms with Gasteiger partial charge in [0.2, 0.25) is 0 Å². The molecule has 0 spiro atoms. The Morgan fingerprint density at radius 2 is 1.44 bits per heavy atom. The zero-order chi connectivity index (χ0) is 53.1. The molecule has 8 rings (SSSR count). The van der Waals surface area contributed by atoms with Gasteiger partial charge in [-0.1, -0.05) is 31.6 Å². The van der Waals surface area contributed by atoms with E-state index in [0.717, 1.165) is 32.1 Å². The molecular weight excluding hydrogens is 961 g/mol. The van der Waals surface area contributed by atoms with E-state index >= 15 is 0 Å². The van der Waals surface area contributed by atoms with Crippen molar-refractivity contribution in [1.29, 1.82) is 0 Å². The number of hydrogen-bond acceptors (Lipinski definition) is 21. The van der Waals surface area contributed by atoms with Crippen molar-refractivity contribution in [3.8, 4) is 0 Å². The molecule has 7 fully saturated rings. The molecule has 9 N–H and O–H groups in total. The van der Waals surface area contributed by atoms with Gasteiger partial charge in [0.05, 0.1) is 49.3 Å². The molecule has 0 aromatic heterocycles. The van der Waals surface area contributed by atoms with E-state index in [4.69, 9.17) is 52.1 Å². The fraction of sp³-hybridized carbons (Fsp3) is 0.904. The monoisotopic (exact) mass is 1040 g/mol. The SMILES string of the molecule is CC=C(C)C(=O)OC1C(C)OC(OC2C(C)OC(OC3CCC4(C)C(=CCC5C4CCC4(C)C(C(C)OC6OC(COC7OC(CO)C(O)C(O)C7O)C(O)C(O)C6O)CCC54O)C3)CC2OC)C(O)C1OC. The maximum absolute atomic E-state index is 13.0. The highest BCUT2D eigenvalue weighted by Crippen LogP contribution is 2.68. The van der Waals surface area contributed by atoms with Crippen LogP contribution in [-0.2, 0) is 56.9 Å². The van der Waals surface area contributed by atoms with Gasteiger partial charge in [0, 0.05) is 31.6 Å². The lowest BCUT2D eigenvalue weighted by Gasteiger charge is -2.61. The van der Waals surface area contributed by atoms with Gasteiger partial charge < -0.3 is 98.1 Å². The number of esters is 1. The molecule has 4 saturated heterocycles.